The summed E-state index contributed by atoms with van der Waals surface area (Å²) in [6.45, 7) is 5.13. The fourth-order valence-corrected chi connectivity index (χ4v) is 5.93. The van der Waals surface area contributed by atoms with Crippen LogP contribution in [0.1, 0.15) is 76.3 Å². The molecular weight excluding hydrogens is 422 g/mol. The molecule has 1 fully saturated rings. The summed E-state index contributed by atoms with van der Waals surface area (Å²) in [5.41, 5.74) is 5.32. The molecule has 1 atom stereocenters. The van der Waals surface area contributed by atoms with E-state index >= 15 is 0 Å². The molecule has 2 aromatic rings. The van der Waals surface area contributed by atoms with Crippen molar-refractivity contribution in [3.8, 4) is 0 Å². The fourth-order valence-electron chi connectivity index (χ4n) is 5.93. The van der Waals surface area contributed by atoms with Gasteiger partial charge in [0, 0.05) is 17.7 Å². The van der Waals surface area contributed by atoms with E-state index in [0.29, 0.717) is 13.0 Å². The summed E-state index contributed by atoms with van der Waals surface area (Å²) in [5.74, 6) is 2.63. The van der Waals surface area contributed by atoms with Gasteiger partial charge < -0.3 is 15.3 Å². The highest BCUT2D eigenvalue weighted by Gasteiger charge is 2.33. The van der Waals surface area contributed by atoms with Crippen LogP contribution in [0.15, 0.2) is 42.6 Å². The topological polar surface area (TPSA) is 65.5 Å². The zero-order chi connectivity index (χ0) is 23.7. The molecule has 0 bridgehead atoms. The molecule has 1 aliphatic heterocycles. The van der Waals surface area contributed by atoms with E-state index in [2.05, 4.69) is 54.5 Å². The van der Waals surface area contributed by atoms with E-state index in [0.717, 1.165) is 78.7 Å². The highest BCUT2D eigenvalue weighted by Crippen LogP contribution is 2.41. The maximum atomic E-state index is 14.0. The van der Waals surface area contributed by atoms with E-state index < -0.39 is 0 Å². The Labute approximate surface area is 203 Å². The number of carbonyl (C=O) groups excluding carboxylic acids is 1. The van der Waals surface area contributed by atoms with Gasteiger partial charge in [0.25, 0.3) is 0 Å². The molecule has 180 valence electrons. The molecule has 5 rings (SSSR count). The van der Waals surface area contributed by atoms with E-state index in [1.807, 2.05) is 11.0 Å². The number of nitrogens with one attached hydrogen (secondary N) is 1. The van der Waals surface area contributed by atoms with Gasteiger partial charge >= 0.3 is 0 Å². The van der Waals surface area contributed by atoms with Crippen LogP contribution in [-0.2, 0) is 11.3 Å². The second-order valence-corrected chi connectivity index (χ2v) is 10.8. The molecule has 1 aromatic heterocycles. The minimum atomic E-state index is -0.240. The Morgan fingerprint density at radius 2 is 2.00 bits per heavy atom. The first-order valence-electron chi connectivity index (χ1n) is 13.0. The first kappa shape index (κ1) is 23.1. The van der Waals surface area contributed by atoms with Crippen LogP contribution in [-0.4, -0.2) is 22.1 Å². The van der Waals surface area contributed by atoms with Gasteiger partial charge in [-0.3, -0.25) is 4.79 Å². The number of pyridine rings is 1. The third kappa shape index (κ3) is 4.90. The molecule has 0 saturated heterocycles. The first-order valence-corrected chi connectivity index (χ1v) is 13.0. The summed E-state index contributed by atoms with van der Waals surface area (Å²) in [4.78, 5) is 20.5. The standard InChI is InChI=1S/C29H37N3O2/c1-19(2)16-20-5-7-22(8-6-20)29(34)32-18-24-4-3-15-30-28(24)31-26-14-11-23(17-27(26)32)21-9-12-25(33)13-10-21/h3-4,9,11,14-15,17,19-20,22,25,33H,5-8,10,12-13,16,18H2,1-2H3,(H,30,31)/t20-,22-,25?. The highest BCUT2D eigenvalue weighted by molar-refractivity contribution is 6.00. The van der Waals surface area contributed by atoms with Crippen molar-refractivity contribution in [1.82, 2.24) is 4.98 Å². The van der Waals surface area contributed by atoms with Crippen molar-refractivity contribution in [3.05, 3.63) is 53.7 Å². The van der Waals surface area contributed by atoms with E-state index in [-0.39, 0.29) is 17.9 Å². The zero-order valence-corrected chi connectivity index (χ0v) is 20.5. The van der Waals surface area contributed by atoms with Gasteiger partial charge in [-0.25, -0.2) is 4.98 Å². The average Bonchev–Trinajstić information content (AvgIpc) is 3.00. The molecule has 1 unspecified atom stereocenters. The number of hydrogen-bond acceptors (Lipinski definition) is 4. The van der Waals surface area contributed by atoms with E-state index in [1.165, 1.54) is 12.0 Å². The Kier molecular flexibility index (Phi) is 6.73. The third-order valence-electron chi connectivity index (χ3n) is 7.78. The van der Waals surface area contributed by atoms with Gasteiger partial charge in [-0.05, 0) is 92.5 Å². The summed E-state index contributed by atoms with van der Waals surface area (Å²) >= 11 is 0. The van der Waals surface area contributed by atoms with Gasteiger partial charge in [0.2, 0.25) is 5.91 Å². The predicted octanol–water partition coefficient (Wildman–Crippen LogP) is 6.45. The lowest BCUT2D eigenvalue weighted by molar-refractivity contribution is -0.123. The summed E-state index contributed by atoms with van der Waals surface area (Å²) in [7, 11) is 0. The molecule has 34 heavy (non-hydrogen) atoms. The van der Waals surface area contributed by atoms with Crippen LogP contribution in [0.5, 0.6) is 0 Å². The monoisotopic (exact) mass is 459 g/mol. The highest BCUT2D eigenvalue weighted by atomic mass is 16.3. The minimum absolute atomic E-state index is 0.0854. The maximum Gasteiger partial charge on any atom is 0.230 e. The van der Waals surface area contributed by atoms with Crippen molar-refractivity contribution in [2.75, 3.05) is 10.2 Å². The number of rotatable bonds is 4. The lowest BCUT2D eigenvalue weighted by Crippen LogP contribution is -2.37. The second-order valence-electron chi connectivity index (χ2n) is 10.8. The number of anilines is 3. The Balaban J connectivity index is 1.45. The average molecular weight is 460 g/mol. The van der Waals surface area contributed by atoms with Gasteiger partial charge in [0.15, 0.2) is 0 Å². The third-order valence-corrected chi connectivity index (χ3v) is 7.78. The Morgan fingerprint density at radius 3 is 2.74 bits per heavy atom. The minimum Gasteiger partial charge on any atom is -0.393 e. The van der Waals surface area contributed by atoms with E-state index in [4.69, 9.17) is 0 Å². The van der Waals surface area contributed by atoms with E-state index in [9.17, 15) is 9.90 Å². The number of carbonyl (C=O) groups is 1. The van der Waals surface area contributed by atoms with Crippen molar-refractivity contribution in [1.29, 1.82) is 0 Å². The van der Waals surface area contributed by atoms with Crippen LogP contribution in [0.4, 0.5) is 17.2 Å². The van der Waals surface area contributed by atoms with Crippen LogP contribution >= 0.6 is 0 Å². The van der Waals surface area contributed by atoms with Crippen molar-refractivity contribution in [2.24, 2.45) is 17.8 Å². The number of aliphatic hydroxyl groups is 1. The molecule has 1 saturated carbocycles. The molecule has 5 heteroatoms. The largest absolute Gasteiger partial charge is 0.393 e. The Hall–Kier alpha value is -2.66. The Bertz CT molecular complexity index is 1070. The number of hydrogen-bond donors (Lipinski definition) is 2. The van der Waals surface area contributed by atoms with Crippen LogP contribution in [0.3, 0.4) is 0 Å². The number of nitrogens with zero attached hydrogens (tertiary/aromatic N) is 2. The molecule has 1 aromatic carbocycles. The van der Waals surface area contributed by atoms with Crippen molar-refractivity contribution in [3.63, 3.8) is 0 Å². The van der Waals surface area contributed by atoms with Crippen molar-refractivity contribution >= 4 is 28.7 Å². The van der Waals surface area contributed by atoms with Gasteiger partial charge in [0.05, 0.1) is 24.0 Å². The molecule has 2 N–H and O–H groups in total. The molecule has 5 nitrogen and oxygen atoms in total. The van der Waals surface area contributed by atoms with Crippen molar-refractivity contribution < 1.29 is 9.90 Å². The quantitative estimate of drug-likeness (QED) is 0.551. The lowest BCUT2D eigenvalue weighted by Gasteiger charge is -2.33. The zero-order valence-electron chi connectivity index (χ0n) is 20.5. The fraction of sp³-hybridized carbons (Fsp3) is 0.517. The maximum absolute atomic E-state index is 14.0. The summed E-state index contributed by atoms with van der Waals surface area (Å²) < 4.78 is 0. The molecule has 1 amide bonds. The molecule has 3 aliphatic rings. The first-order chi connectivity index (χ1) is 16.5. The molecule has 0 spiro atoms. The SMILES string of the molecule is CC(C)C[C@H]1CC[C@H](C(=O)N2Cc3cccnc3Nc3ccc(C4=CCC(O)CC4)cc32)CC1. The number of amides is 1. The number of aliphatic hydroxyl groups excluding tert-OH is 1. The van der Waals surface area contributed by atoms with Gasteiger partial charge in [0.1, 0.15) is 5.82 Å². The number of allylic oxidation sites excluding steroid dienone is 1. The summed E-state index contributed by atoms with van der Waals surface area (Å²) in [5, 5.41) is 13.4. The van der Waals surface area contributed by atoms with Gasteiger partial charge in [-0.2, -0.15) is 0 Å². The van der Waals surface area contributed by atoms with Gasteiger partial charge in [-0.1, -0.05) is 32.1 Å². The number of fused-ring (bicyclic) bond motifs is 2. The molecule has 2 heterocycles. The van der Waals surface area contributed by atoms with Crippen LogP contribution < -0.4 is 10.2 Å². The normalized spacial score (nSPS) is 24.5. The molecular formula is C29H37N3O2. The van der Waals surface area contributed by atoms with Crippen LogP contribution in [0, 0.1) is 17.8 Å². The summed E-state index contributed by atoms with van der Waals surface area (Å²) in [6, 6.07) is 10.4. The smallest absolute Gasteiger partial charge is 0.230 e. The van der Waals surface area contributed by atoms with E-state index in [1.54, 1.807) is 6.20 Å². The van der Waals surface area contributed by atoms with Crippen molar-refractivity contribution in [2.45, 2.75) is 77.9 Å². The number of aromatic nitrogens is 1. The molecule has 2 aliphatic carbocycles. The lowest BCUT2D eigenvalue weighted by atomic mass is 9.78. The van der Waals surface area contributed by atoms with Crippen LogP contribution in [0.2, 0.25) is 0 Å². The Morgan fingerprint density at radius 1 is 1.18 bits per heavy atom. The predicted molar refractivity (Wildman–Crippen MR) is 138 cm³/mol. The second kappa shape index (κ2) is 9.91. The van der Waals surface area contributed by atoms with Crippen LogP contribution in [0.25, 0.3) is 5.57 Å². The number of benzene rings is 1. The molecule has 0 radical (unpaired) electrons. The van der Waals surface area contributed by atoms with Gasteiger partial charge in [-0.15, -0.1) is 0 Å². The summed E-state index contributed by atoms with van der Waals surface area (Å²) in [6.07, 6.45) is 11.6.